The van der Waals surface area contributed by atoms with Gasteiger partial charge < -0.3 is 20.0 Å². The summed E-state index contributed by atoms with van der Waals surface area (Å²) >= 11 is 0. The van der Waals surface area contributed by atoms with Gasteiger partial charge in [0, 0.05) is 5.70 Å². The number of benzene rings is 2. The highest BCUT2D eigenvalue weighted by molar-refractivity contribution is 6.03. The molecule has 2 amide bonds. The summed E-state index contributed by atoms with van der Waals surface area (Å²) in [7, 11) is 0. The maximum absolute atomic E-state index is 13.8. The number of nitrogens with zero attached hydrogens (tertiary/aromatic N) is 1. The van der Waals surface area contributed by atoms with Crippen molar-refractivity contribution in [1.82, 2.24) is 5.32 Å². The topological polar surface area (TPSA) is 98.8 Å². The molecule has 1 heterocycles. The summed E-state index contributed by atoms with van der Waals surface area (Å²) in [4.78, 5) is 37.8. The molecule has 0 spiro atoms. The molecule has 0 aliphatic carbocycles. The maximum atomic E-state index is 13.8. The zero-order valence-corrected chi connectivity index (χ0v) is 16.1. The Morgan fingerprint density at radius 1 is 1.17 bits per heavy atom. The van der Waals surface area contributed by atoms with Crippen molar-refractivity contribution in [2.75, 3.05) is 11.5 Å². The quantitative estimate of drug-likeness (QED) is 0.757. The number of hydrogen-bond donors (Lipinski definition) is 1. The summed E-state index contributed by atoms with van der Waals surface area (Å²) < 4.78 is 32.2. The highest BCUT2D eigenvalue weighted by Gasteiger charge is 2.37. The third kappa shape index (κ3) is 3.86. The van der Waals surface area contributed by atoms with Crippen molar-refractivity contribution >= 4 is 23.7 Å². The molecule has 30 heavy (non-hydrogen) atoms. The first kappa shape index (κ1) is 21.0. The largest absolute Gasteiger partial charge is 0.545 e. The van der Waals surface area contributed by atoms with Crippen LogP contribution in [0.2, 0.25) is 0 Å². The van der Waals surface area contributed by atoms with Gasteiger partial charge in [0.25, 0.3) is 0 Å². The van der Waals surface area contributed by atoms with E-state index in [-0.39, 0.29) is 34.7 Å². The summed E-state index contributed by atoms with van der Waals surface area (Å²) in [5, 5.41) is 13.7. The molecule has 1 aliphatic heterocycles. The molecule has 1 aliphatic rings. The summed E-state index contributed by atoms with van der Waals surface area (Å²) in [5.41, 5.74) is 0.322. The highest BCUT2D eigenvalue weighted by atomic mass is 19.2. The van der Waals surface area contributed by atoms with E-state index in [2.05, 4.69) is 5.32 Å². The Kier molecular flexibility index (Phi) is 5.81. The van der Waals surface area contributed by atoms with E-state index >= 15 is 0 Å². The van der Waals surface area contributed by atoms with E-state index in [9.17, 15) is 28.3 Å². The smallest absolute Gasteiger partial charge is 0.338 e. The predicted octanol–water partition coefficient (Wildman–Crippen LogP) is 2.44. The first-order valence-electron chi connectivity index (χ1n) is 8.99. The molecule has 0 unspecified atom stereocenters. The van der Waals surface area contributed by atoms with Crippen LogP contribution in [0.25, 0.3) is 0 Å². The van der Waals surface area contributed by atoms with Crippen LogP contribution >= 0.6 is 0 Å². The lowest BCUT2D eigenvalue weighted by Gasteiger charge is -2.35. The second-order valence-corrected chi connectivity index (χ2v) is 6.45. The van der Waals surface area contributed by atoms with Gasteiger partial charge in [0.2, 0.25) is 0 Å². The third-order valence-electron chi connectivity index (χ3n) is 4.60. The molecular formula is C21H17F2N2O5-. The summed E-state index contributed by atoms with van der Waals surface area (Å²) in [5.74, 6) is -4.39. The number of urea groups is 1. The van der Waals surface area contributed by atoms with Crippen molar-refractivity contribution in [2.45, 2.75) is 19.9 Å². The third-order valence-corrected chi connectivity index (χ3v) is 4.60. The Morgan fingerprint density at radius 3 is 2.53 bits per heavy atom. The van der Waals surface area contributed by atoms with Gasteiger partial charge in [-0.15, -0.1) is 0 Å². The second kappa shape index (κ2) is 8.32. The Hall–Kier alpha value is -3.75. The fraction of sp³-hybridized carbons (Fsp3) is 0.190. The van der Waals surface area contributed by atoms with E-state index in [0.29, 0.717) is 0 Å². The van der Waals surface area contributed by atoms with E-state index in [4.69, 9.17) is 4.74 Å². The van der Waals surface area contributed by atoms with Crippen LogP contribution in [0.1, 0.15) is 35.8 Å². The normalized spacial score (nSPS) is 16.3. The van der Waals surface area contributed by atoms with Crippen LogP contribution in [0.3, 0.4) is 0 Å². The van der Waals surface area contributed by atoms with Gasteiger partial charge in [0.05, 0.1) is 29.9 Å². The van der Waals surface area contributed by atoms with Crippen LogP contribution in [-0.4, -0.2) is 24.6 Å². The van der Waals surface area contributed by atoms with E-state index in [0.717, 1.165) is 17.0 Å². The molecule has 9 heteroatoms. The number of ether oxygens (including phenoxy) is 1. The maximum Gasteiger partial charge on any atom is 0.338 e. The monoisotopic (exact) mass is 415 g/mol. The van der Waals surface area contributed by atoms with Crippen molar-refractivity contribution in [2.24, 2.45) is 0 Å². The number of carboxylic acid groups (broad SMARTS) is 1. The lowest BCUT2D eigenvalue weighted by molar-refractivity contribution is -0.255. The first-order chi connectivity index (χ1) is 14.2. The summed E-state index contributed by atoms with van der Waals surface area (Å²) in [6.45, 7) is 3.13. The van der Waals surface area contributed by atoms with Gasteiger partial charge in [-0.3, -0.25) is 4.90 Å². The van der Waals surface area contributed by atoms with Crippen molar-refractivity contribution in [1.29, 1.82) is 0 Å². The first-order valence-corrected chi connectivity index (χ1v) is 8.99. The van der Waals surface area contributed by atoms with Crippen molar-refractivity contribution < 1.29 is 33.0 Å². The lowest BCUT2D eigenvalue weighted by atomic mass is 9.94. The summed E-state index contributed by atoms with van der Waals surface area (Å²) in [6, 6.07) is 6.68. The number of esters is 1. The Bertz CT molecular complexity index is 1070. The minimum Gasteiger partial charge on any atom is -0.545 e. The SMILES string of the molecule is CCOC(=O)C1=C(C)N(c2cccc(C(=O)[O-])c2)C(=O)N[C@@H]1c1ccc(F)c(F)c1. The Morgan fingerprint density at radius 2 is 1.90 bits per heavy atom. The number of hydrogen-bond acceptors (Lipinski definition) is 5. The molecule has 2 aromatic carbocycles. The van der Waals surface area contributed by atoms with Gasteiger partial charge in [-0.2, -0.15) is 0 Å². The minimum absolute atomic E-state index is 0.00121. The van der Waals surface area contributed by atoms with Crippen LogP contribution in [-0.2, 0) is 9.53 Å². The van der Waals surface area contributed by atoms with E-state index < -0.39 is 35.6 Å². The van der Waals surface area contributed by atoms with Gasteiger partial charge in [-0.25, -0.2) is 18.4 Å². The number of halogens is 2. The van der Waals surface area contributed by atoms with Crippen LogP contribution in [0.15, 0.2) is 53.7 Å². The van der Waals surface area contributed by atoms with Crippen LogP contribution in [0.4, 0.5) is 19.3 Å². The Labute approximate surface area is 170 Å². The molecule has 3 rings (SSSR count). The van der Waals surface area contributed by atoms with Gasteiger partial charge >= 0.3 is 12.0 Å². The molecular weight excluding hydrogens is 398 g/mol. The van der Waals surface area contributed by atoms with Crippen LogP contribution < -0.4 is 15.3 Å². The van der Waals surface area contributed by atoms with Crippen molar-refractivity contribution in [3.8, 4) is 0 Å². The van der Waals surface area contributed by atoms with E-state index in [1.54, 1.807) is 6.92 Å². The molecule has 0 fully saturated rings. The van der Waals surface area contributed by atoms with E-state index in [1.807, 2.05) is 0 Å². The average molecular weight is 415 g/mol. The molecule has 0 saturated heterocycles. The minimum atomic E-state index is -1.43. The molecule has 0 saturated carbocycles. The van der Waals surface area contributed by atoms with Crippen molar-refractivity contribution in [3.05, 3.63) is 76.5 Å². The fourth-order valence-electron chi connectivity index (χ4n) is 3.24. The fourth-order valence-corrected chi connectivity index (χ4v) is 3.24. The molecule has 2 aromatic rings. The van der Waals surface area contributed by atoms with Gasteiger partial charge in [-0.05, 0) is 49.2 Å². The number of allylic oxidation sites excluding steroid dienone is 1. The van der Waals surface area contributed by atoms with E-state index in [1.165, 1.54) is 37.3 Å². The Balaban J connectivity index is 2.15. The average Bonchev–Trinajstić information content (AvgIpc) is 2.70. The standard InChI is InChI=1S/C21H18F2N2O5/c1-3-30-20(28)17-11(2)25(14-6-4-5-13(9-14)19(26)27)21(29)24-18(17)12-7-8-15(22)16(23)10-12/h4-10,18H,3H2,1-2H3,(H,24,29)(H,26,27)/p-1/t18-/m1/s1. The number of nitrogens with one attached hydrogen (secondary N) is 1. The molecule has 0 bridgehead atoms. The van der Waals surface area contributed by atoms with Gasteiger partial charge in [0.1, 0.15) is 0 Å². The molecule has 7 nitrogen and oxygen atoms in total. The number of carboxylic acids is 1. The lowest BCUT2D eigenvalue weighted by Crippen LogP contribution is -2.48. The van der Waals surface area contributed by atoms with Gasteiger partial charge in [0.15, 0.2) is 11.6 Å². The molecule has 1 N–H and O–H groups in total. The zero-order valence-electron chi connectivity index (χ0n) is 16.1. The number of rotatable bonds is 5. The molecule has 0 radical (unpaired) electrons. The predicted molar refractivity (Wildman–Crippen MR) is 100 cm³/mol. The molecule has 156 valence electrons. The zero-order chi connectivity index (χ0) is 22.0. The van der Waals surface area contributed by atoms with Gasteiger partial charge in [-0.1, -0.05) is 18.2 Å². The number of anilines is 1. The van der Waals surface area contributed by atoms with Crippen LogP contribution in [0, 0.1) is 11.6 Å². The highest BCUT2D eigenvalue weighted by Crippen LogP contribution is 2.34. The second-order valence-electron chi connectivity index (χ2n) is 6.45. The molecule has 1 atom stereocenters. The van der Waals surface area contributed by atoms with Crippen molar-refractivity contribution in [3.63, 3.8) is 0 Å². The number of aromatic carboxylic acids is 1. The molecule has 0 aromatic heterocycles. The number of amides is 2. The number of carbonyl (C=O) groups is 3. The van der Waals surface area contributed by atoms with Crippen LogP contribution in [0.5, 0.6) is 0 Å². The number of carbonyl (C=O) groups excluding carboxylic acids is 3. The summed E-state index contributed by atoms with van der Waals surface area (Å²) in [6.07, 6.45) is 0.